The fourth-order valence-electron chi connectivity index (χ4n) is 5.28. The Kier molecular flexibility index (Phi) is 4.89. The third-order valence-corrected chi connectivity index (χ3v) is 6.55. The summed E-state index contributed by atoms with van der Waals surface area (Å²) < 4.78 is 0. The average molecular weight is 346 g/mol. The van der Waals surface area contributed by atoms with Crippen LogP contribution in [0.2, 0.25) is 0 Å². The second kappa shape index (κ2) is 7.31. The number of fused-ring (bicyclic) bond motifs is 2. The van der Waals surface area contributed by atoms with E-state index in [1.807, 2.05) is 0 Å². The molecule has 2 aromatic rings. The van der Waals surface area contributed by atoms with E-state index in [1.165, 1.54) is 54.6 Å². The summed E-state index contributed by atoms with van der Waals surface area (Å²) in [5.74, 6) is 2.37. The van der Waals surface area contributed by atoms with Crippen molar-refractivity contribution < 1.29 is 0 Å². The van der Waals surface area contributed by atoms with Gasteiger partial charge in [0.15, 0.2) is 0 Å². The van der Waals surface area contributed by atoms with E-state index < -0.39 is 0 Å². The maximum absolute atomic E-state index is 2.48. The SMILES string of the molecule is CCCC1CCCC(C)C1c1ccc2c(c1)C=Cc1ccccc1N2C. The second-order valence-electron chi connectivity index (χ2n) is 8.25. The molecule has 136 valence electrons. The Hall–Kier alpha value is -2.02. The van der Waals surface area contributed by atoms with E-state index in [-0.39, 0.29) is 0 Å². The van der Waals surface area contributed by atoms with Crippen molar-refractivity contribution in [1.29, 1.82) is 0 Å². The number of para-hydroxylation sites is 1. The molecule has 26 heavy (non-hydrogen) atoms. The molecule has 0 amide bonds. The molecule has 1 saturated carbocycles. The van der Waals surface area contributed by atoms with Crippen molar-refractivity contribution in [3.63, 3.8) is 0 Å². The predicted molar refractivity (Wildman–Crippen MR) is 114 cm³/mol. The summed E-state index contributed by atoms with van der Waals surface area (Å²) in [5, 5.41) is 0. The van der Waals surface area contributed by atoms with E-state index in [1.54, 1.807) is 5.56 Å². The maximum Gasteiger partial charge on any atom is 0.0482 e. The van der Waals surface area contributed by atoms with Crippen molar-refractivity contribution in [3.8, 4) is 0 Å². The van der Waals surface area contributed by atoms with Crippen LogP contribution in [0.4, 0.5) is 11.4 Å². The first-order chi connectivity index (χ1) is 12.7. The van der Waals surface area contributed by atoms with Gasteiger partial charge in [-0.1, -0.05) is 75.9 Å². The van der Waals surface area contributed by atoms with Crippen LogP contribution in [0, 0.1) is 11.8 Å². The van der Waals surface area contributed by atoms with E-state index in [9.17, 15) is 0 Å². The van der Waals surface area contributed by atoms with Gasteiger partial charge in [0.05, 0.1) is 0 Å². The van der Waals surface area contributed by atoms with Gasteiger partial charge in [-0.3, -0.25) is 0 Å². The Bertz CT molecular complexity index is 802. The van der Waals surface area contributed by atoms with Crippen molar-refractivity contribution in [1.82, 2.24) is 0 Å². The van der Waals surface area contributed by atoms with E-state index in [2.05, 4.69) is 80.4 Å². The van der Waals surface area contributed by atoms with E-state index >= 15 is 0 Å². The van der Waals surface area contributed by atoms with Crippen LogP contribution in [0.5, 0.6) is 0 Å². The van der Waals surface area contributed by atoms with Gasteiger partial charge in [0, 0.05) is 18.4 Å². The third kappa shape index (κ3) is 3.09. The molecular formula is C25H31N. The summed E-state index contributed by atoms with van der Waals surface area (Å²) in [7, 11) is 2.19. The van der Waals surface area contributed by atoms with Gasteiger partial charge < -0.3 is 4.90 Å². The minimum atomic E-state index is 0.721. The van der Waals surface area contributed by atoms with Gasteiger partial charge in [-0.15, -0.1) is 0 Å². The van der Waals surface area contributed by atoms with Crippen LogP contribution < -0.4 is 4.90 Å². The number of anilines is 2. The number of hydrogen-bond donors (Lipinski definition) is 0. The van der Waals surface area contributed by atoms with Crippen LogP contribution in [0.25, 0.3) is 12.2 Å². The monoisotopic (exact) mass is 345 g/mol. The molecule has 0 N–H and O–H groups in total. The van der Waals surface area contributed by atoms with Gasteiger partial charge in [-0.25, -0.2) is 0 Å². The lowest BCUT2D eigenvalue weighted by atomic mass is 9.68. The van der Waals surface area contributed by atoms with Crippen molar-refractivity contribution in [3.05, 3.63) is 59.2 Å². The van der Waals surface area contributed by atoms with Gasteiger partial charge in [0.1, 0.15) is 0 Å². The molecule has 0 saturated heterocycles. The first-order valence-corrected chi connectivity index (χ1v) is 10.3. The minimum absolute atomic E-state index is 0.721. The molecule has 1 heteroatoms. The maximum atomic E-state index is 2.48. The highest BCUT2D eigenvalue weighted by Gasteiger charge is 2.31. The van der Waals surface area contributed by atoms with Crippen molar-refractivity contribution in [2.24, 2.45) is 11.8 Å². The quantitative estimate of drug-likeness (QED) is 0.566. The molecule has 0 spiro atoms. The van der Waals surface area contributed by atoms with Crippen molar-refractivity contribution in [2.45, 2.75) is 51.9 Å². The van der Waals surface area contributed by atoms with Gasteiger partial charge >= 0.3 is 0 Å². The first-order valence-electron chi connectivity index (χ1n) is 10.3. The Morgan fingerprint density at radius 3 is 2.58 bits per heavy atom. The van der Waals surface area contributed by atoms with Crippen molar-refractivity contribution >= 4 is 23.5 Å². The summed E-state index contributed by atoms with van der Waals surface area (Å²) in [6.07, 6.45) is 11.4. The first kappa shape index (κ1) is 17.4. The summed E-state index contributed by atoms with van der Waals surface area (Å²) >= 11 is 0. The average Bonchev–Trinajstić information content (AvgIpc) is 2.79. The molecule has 3 unspecified atom stereocenters. The molecule has 1 fully saturated rings. The lowest BCUT2D eigenvalue weighted by Gasteiger charge is -2.37. The van der Waals surface area contributed by atoms with Crippen LogP contribution >= 0.6 is 0 Å². The van der Waals surface area contributed by atoms with E-state index in [4.69, 9.17) is 0 Å². The predicted octanol–water partition coefficient (Wildman–Crippen LogP) is 7.26. The largest absolute Gasteiger partial charge is 0.344 e. The Labute approximate surface area is 158 Å². The highest BCUT2D eigenvalue weighted by Crippen LogP contribution is 2.45. The third-order valence-electron chi connectivity index (χ3n) is 6.55. The lowest BCUT2D eigenvalue weighted by Crippen LogP contribution is -2.25. The lowest BCUT2D eigenvalue weighted by molar-refractivity contribution is 0.220. The molecule has 2 aromatic carbocycles. The summed E-state index contributed by atoms with van der Waals surface area (Å²) in [4.78, 5) is 2.34. The zero-order valence-electron chi connectivity index (χ0n) is 16.4. The summed E-state index contributed by atoms with van der Waals surface area (Å²) in [6.45, 7) is 4.80. The van der Waals surface area contributed by atoms with Gasteiger partial charge in [0.2, 0.25) is 0 Å². The zero-order valence-corrected chi connectivity index (χ0v) is 16.4. The second-order valence-corrected chi connectivity index (χ2v) is 8.25. The molecule has 0 radical (unpaired) electrons. The fraction of sp³-hybridized carbons (Fsp3) is 0.440. The number of nitrogens with zero attached hydrogens (tertiary/aromatic N) is 1. The molecule has 1 aliphatic heterocycles. The molecule has 4 rings (SSSR count). The standard InChI is InChI=1S/C25H31N/c1-4-8-20-11-7-9-18(2)25(20)22-15-16-24-21(17-22)14-13-19-10-5-6-12-23(19)26(24)3/h5-6,10,12-18,20,25H,4,7-9,11H2,1-3H3. The molecular weight excluding hydrogens is 314 g/mol. The van der Waals surface area contributed by atoms with Crippen LogP contribution in [-0.4, -0.2) is 7.05 Å². The van der Waals surface area contributed by atoms with Gasteiger partial charge in [0.25, 0.3) is 0 Å². The Morgan fingerprint density at radius 1 is 0.962 bits per heavy atom. The van der Waals surface area contributed by atoms with Crippen LogP contribution in [0.1, 0.15) is 68.6 Å². The fourth-order valence-corrected chi connectivity index (χ4v) is 5.28. The van der Waals surface area contributed by atoms with E-state index in [0.717, 1.165) is 17.8 Å². The van der Waals surface area contributed by atoms with E-state index in [0.29, 0.717) is 0 Å². The Morgan fingerprint density at radius 2 is 1.73 bits per heavy atom. The normalized spacial score (nSPS) is 24.7. The Balaban J connectivity index is 1.73. The molecule has 3 atom stereocenters. The van der Waals surface area contributed by atoms with Crippen LogP contribution in [0.15, 0.2) is 42.5 Å². The van der Waals surface area contributed by atoms with Crippen molar-refractivity contribution in [2.75, 3.05) is 11.9 Å². The minimum Gasteiger partial charge on any atom is -0.344 e. The molecule has 2 aliphatic rings. The highest BCUT2D eigenvalue weighted by molar-refractivity contribution is 5.88. The smallest absolute Gasteiger partial charge is 0.0482 e. The number of rotatable bonds is 3. The molecule has 1 heterocycles. The van der Waals surface area contributed by atoms with Gasteiger partial charge in [-0.05, 0) is 59.1 Å². The molecule has 0 bridgehead atoms. The number of hydrogen-bond acceptors (Lipinski definition) is 1. The number of benzene rings is 2. The molecule has 1 aliphatic carbocycles. The molecule has 1 nitrogen and oxygen atoms in total. The highest BCUT2D eigenvalue weighted by atomic mass is 15.1. The van der Waals surface area contributed by atoms with Gasteiger partial charge in [-0.2, -0.15) is 0 Å². The zero-order chi connectivity index (χ0) is 18.1. The van der Waals surface area contributed by atoms with Crippen LogP contribution in [0.3, 0.4) is 0 Å². The topological polar surface area (TPSA) is 3.24 Å². The molecule has 0 aromatic heterocycles. The summed E-state index contributed by atoms with van der Waals surface area (Å²) in [6, 6.07) is 15.9. The summed E-state index contributed by atoms with van der Waals surface area (Å²) in [5.41, 5.74) is 6.80. The van der Waals surface area contributed by atoms with Crippen LogP contribution in [-0.2, 0) is 0 Å².